The largest absolute Gasteiger partial charge is 0.250 e. The lowest BCUT2D eigenvalue weighted by Gasteiger charge is -2.08. The smallest absolute Gasteiger partial charge is 0.229 e. The molecule has 1 saturated heterocycles. The van der Waals surface area contributed by atoms with Crippen LogP contribution in [0, 0.1) is 5.92 Å². The van der Waals surface area contributed by atoms with Gasteiger partial charge >= 0.3 is 0 Å². The van der Waals surface area contributed by atoms with E-state index in [-0.39, 0.29) is 17.4 Å². The fraction of sp³-hybridized carbons (Fsp3) is 0.692. The molecule has 5 nitrogen and oxygen atoms in total. The molecule has 1 atom stereocenters. The van der Waals surface area contributed by atoms with Gasteiger partial charge in [-0.2, -0.15) is 0 Å². The van der Waals surface area contributed by atoms with Gasteiger partial charge in [0.2, 0.25) is 10.0 Å². The van der Waals surface area contributed by atoms with E-state index in [1.165, 1.54) is 11.3 Å². The molecular weight excluding hydrogens is 330 g/mol. The van der Waals surface area contributed by atoms with Gasteiger partial charge in [-0.1, -0.05) is 6.92 Å². The molecule has 1 N–H and O–H groups in total. The van der Waals surface area contributed by atoms with Crippen molar-refractivity contribution in [3.05, 3.63) is 17.0 Å². The zero-order chi connectivity index (χ0) is 15.5. The number of sulfone groups is 1. The fourth-order valence-corrected chi connectivity index (χ4v) is 6.79. The standard InChI is InChI=1S/C13H21NO4S3/c1-2-12-5-6-13(19-12)21(17,18)14-8-3-4-11-7-9-20(15,16)10-11/h5-6,11,14H,2-4,7-10H2,1H3. The molecule has 1 fully saturated rings. The molecule has 120 valence electrons. The van der Waals surface area contributed by atoms with E-state index in [9.17, 15) is 16.8 Å². The van der Waals surface area contributed by atoms with Crippen LogP contribution in [0.2, 0.25) is 0 Å². The van der Waals surface area contributed by atoms with Gasteiger partial charge in [0.25, 0.3) is 0 Å². The highest BCUT2D eigenvalue weighted by molar-refractivity contribution is 7.91. The third-order valence-corrected chi connectivity index (χ3v) is 8.68. The molecule has 1 aliphatic heterocycles. The number of sulfonamides is 1. The Morgan fingerprint density at radius 2 is 2.14 bits per heavy atom. The molecular formula is C13H21NO4S3. The molecule has 0 radical (unpaired) electrons. The predicted octanol–water partition coefficient (Wildman–Crippen LogP) is 1.80. The monoisotopic (exact) mass is 351 g/mol. The quantitative estimate of drug-likeness (QED) is 0.760. The molecule has 1 aromatic rings. The van der Waals surface area contributed by atoms with E-state index >= 15 is 0 Å². The van der Waals surface area contributed by atoms with E-state index in [2.05, 4.69) is 4.72 Å². The second kappa shape index (κ2) is 6.76. The van der Waals surface area contributed by atoms with Gasteiger partial charge in [0.05, 0.1) is 11.5 Å². The highest BCUT2D eigenvalue weighted by Crippen LogP contribution is 2.23. The van der Waals surface area contributed by atoms with Crippen molar-refractivity contribution in [3.63, 3.8) is 0 Å². The highest BCUT2D eigenvalue weighted by Gasteiger charge is 2.27. The Labute approximate surface area is 130 Å². The first-order chi connectivity index (χ1) is 9.82. The van der Waals surface area contributed by atoms with Crippen molar-refractivity contribution in [2.75, 3.05) is 18.1 Å². The SMILES string of the molecule is CCc1ccc(S(=O)(=O)NCCCC2CCS(=O)(=O)C2)s1. The Balaban J connectivity index is 1.77. The van der Waals surface area contributed by atoms with Gasteiger partial charge in [0, 0.05) is 11.4 Å². The first-order valence-corrected chi connectivity index (χ1v) is 11.2. The van der Waals surface area contributed by atoms with Crippen LogP contribution < -0.4 is 4.72 Å². The van der Waals surface area contributed by atoms with Crippen LogP contribution in [0.3, 0.4) is 0 Å². The Kier molecular flexibility index (Phi) is 5.45. The van der Waals surface area contributed by atoms with Crippen molar-refractivity contribution in [1.29, 1.82) is 0 Å². The van der Waals surface area contributed by atoms with Gasteiger partial charge < -0.3 is 0 Å². The molecule has 0 saturated carbocycles. The molecule has 0 aliphatic carbocycles. The fourth-order valence-electron chi connectivity index (χ4n) is 2.46. The first-order valence-electron chi connectivity index (χ1n) is 7.11. The summed E-state index contributed by atoms with van der Waals surface area (Å²) in [5.41, 5.74) is 0. The van der Waals surface area contributed by atoms with Crippen LogP contribution in [-0.4, -0.2) is 34.9 Å². The zero-order valence-corrected chi connectivity index (χ0v) is 14.5. The lowest BCUT2D eigenvalue weighted by molar-refractivity contribution is 0.512. The van der Waals surface area contributed by atoms with Crippen molar-refractivity contribution in [2.45, 2.75) is 36.8 Å². The second-order valence-electron chi connectivity index (χ2n) is 5.38. The Morgan fingerprint density at radius 3 is 2.71 bits per heavy atom. The molecule has 0 bridgehead atoms. The Bertz CT molecular complexity index is 676. The Hall–Kier alpha value is -0.440. The van der Waals surface area contributed by atoms with Crippen LogP contribution in [0.15, 0.2) is 16.3 Å². The minimum absolute atomic E-state index is 0.188. The van der Waals surface area contributed by atoms with E-state index < -0.39 is 19.9 Å². The number of hydrogen-bond acceptors (Lipinski definition) is 5. The van der Waals surface area contributed by atoms with Gasteiger partial charge in [-0.15, -0.1) is 11.3 Å². The molecule has 0 spiro atoms. The topological polar surface area (TPSA) is 80.3 Å². The van der Waals surface area contributed by atoms with Crippen molar-refractivity contribution < 1.29 is 16.8 Å². The van der Waals surface area contributed by atoms with Gasteiger partial charge in [-0.05, 0) is 43.7 Å². The molecule has 2 rings (SSSR count). The van der Waals surface area contributed by atoms with Crippen molar-refractivity contribution in [1.82, 2.24) is 4.72 Å². The summed E-state index contributed by atoms with van der Waals surface area (Å²) in [6.45, 7) is 2.35. The lowest BCUT2D eigenvalue weighted by Crippen LogP contribution is -2.24. The molecule has 0 amide bonds. The maximum atomic E-state index is 12.1. The number of nitrogens with one attached hydrogen (secondary N) is 1. The summed E-state index contributed by atoms with van der Waals surface area (Å²) in [6, 6.07) is 3.47. The highest BCUT2D eigenvalue weighted by atomic mass is 32.2. The molecule has 1 unspecified atom stereocenters. The zero-order valence-electron chi connectivity index (χ0n) is 12.0. The summed E-state index contributed by atoms with van der Waals surface area (Å²) < 4.78 is 49.7. The van der Waals surface area contributed by atoms with Gasteiger partial charge in [-0.3, -0.25) is 0 Å². The molecule has 21 heavy (non-hydrogen) atoms. The number of hydrogen-bond donors (Lipinski definition) is 1. The van der Waals surface area contributed by atoms with Crippen LogP contribution >= 0.6 is 11.3 Å². The third kappa shape index (κ3) is 4.77. The minimum atomic E-state index is -3.42. The molecule has 2 heterocycles. The molecule has 0 aromatic carbocycles. The first kappa shape index (κ1) is 16.9. The summed E-state index contributed by atoms with van der Waals surface area (Å²) in [7, 11) is -6.26. The molecule has 1 aliphatic rings. The van der Waals surface area contributed by atoms with E-state index in [4.69, 9.17) is 0 Å². The summed E-state index contributed by atoms with van der Waals surface area (Å²) in [5.74, 6) is 0.719. The summed E-state index contributed by atoms with van der Waals surface area (Å²) in [5, 5.41) is 0. The van der Waals surface area contributed by atoms with Crippen LogP contribution in [0.1, 0.15) is 31.1 Å². The number of rotatable bonds is 7. The average molecular weight is 352 g/mol. The molecule has 8 heteroatoms. The van der Waals surface area contributed by atoms with Gasteiger partial charge in [-0.25, -0.2) is 21.6 Å². The van der Waals surface area contributed by atoms with Gasteiger partial charge in [0.15, 0.2) is 9.84 Å². The normalized spacial score (nSPS) is 21.7. The number of thiophene rings is 1. The van der Waals surface area contributed by atoms with Crippen molar-refractivity contribution in [3.8, 4) is 0 Å². The van der Waals surface area contributed by atoms with E-state index in [0.717, 1.165) is 17.7 Å². The summed E-state index contributed by atoms with van der Waals surface area (Å²) in [4.78, 5) is 1.05. The third-order valence-electron chi connectivity index (χ3n) is 3.66. The second-order valence-corrected chi connectivity index (χ2v) is 10.8. The Morgan fingerprint density at radius 1 is 1.38 bits per heavy atom. The predicted molar refractivity (Wildman–Crippen MR) is 84.9 cm³/mol. The molecule has 1 aromatic heterocycles. The van der Waals surface area contributed by atoms with Crippen LogP contribution in [0.4, 0.5) is 0 Å². The van der Waals surface area contributed by atoms with E-state index in [1.807, 2.05) is 13.0 Å². The summed E-state index contributed by atoms with van der Waals surface area (Å²) in [6.07, 6.45) is 2.97. The van der Waals surface area contributed by atoms with E-state index in [0.29, 0.717) is 23.6 Å². The maximum Gasteiger partial charge on any atom is 0.250 e. The maximum absolute atomic E-state index is 12.1. The van der Waals surface area contributed by atoms with Crippen LogP contribution in [0.5, 0.6) is 0 Å². The minimum Gasteiger partial charge on any atom is -0.229 e. The average Bonchev–Trinajstić information content (AvgIpc) is 3.01. The van der Waals surface area contributed by atoms with Gasteiger partial charge in [0.1, 0.15) is 4.21 Å². The van der Waals surface area contributed by atoms with Crippen LogP contribution in [-0.2, 0) is 26.3 Å². The van der Waals surface area contributed by atoms with Crippen molar-refractivity contribution >= 4 is 31.2 Å². The summed E-state index contributed by atoms with van der Waals surface area (Å²) >= 11 is 1.29. The van der Waals surface area contributed by atoms with Crippen LogP contribution in [0.25, 0.3) is 0 Å². The van der Waals surface area contributed by atoms with Crippen molar-refractivity contribution in [2.24, 2.45) is 5.92 Å². The lowest BCUT2D eigenvalue weighted by atomic mass is 10.0. The number of aryl methyl sites for hydroxylation is 1. The van der Waals surface area contributed by atoms with E-state index in [1.54, 1.807) is 6.07 Å².